The Bertz CT molecular complexity index is 673. The monoisotopic (exact) mass is 328 g/mol. The molecule has 2 aromatic rings. The Morgan fingerprint density at radius 3 is 2.25 bits per heavy atom. The van der Waals surface area contributed by atoms with E-state index >= 15 is 0 Å². The number of nitrogens with one attached hydrogen (secondary N) is 2. The minimum atomic E-state index is -0.263. The molecule has 2 amide bonds. The Kier molecular flexibility index (Phi) is 6.07. The lowest BCUT2D eigenvalue weighted by Gasteiger charge is -2.14. The summed E-state index contributed by atoms with van der Waals surface area (Å²) in [6.07, 6.45) is 0. The van der Waals surface area contributed by atoms with E-state index in [4.69, 9.17) is 9.47 Å². The lowest BCUT2D eigenvalue weighted by atomic mass is 10.1. The van der Waals surface area contributed by atoms with Gasteiger partial charge in [-0.25, -0.2) is 4.79 Å². The molecule has 0 aromatic heterocycles. The minimum Gasteiger partial charge on any atom is -0.497 e. The van der Waals surface area contributed by atoms with Crippen LogP contribution in [0.15, 0.2) is 36.4 Å². The van der Waals surface area contributed by atoms with Crippen molar-refractivity contribution >= 4 is 11.7 Å². The van der Waals surface area contributed by atoms with E-state index in [2.05, 4.69) is 29.7 Å². The van der Waals surface area contributed by atoms with Gasteiger partial charge in [-0.2, -0.15) is 0 Å². The summed E-state index contributed by atoms with van der Waals surface area (Å²) >= 11 is 0. The van der Waals surface area contributed by atoms with Crippen molar-refractivity contribution < 1.29 is 14.3 Å². The zero-order valence-corrected chi connectivity index (χ0v) is 14.6. The molecule has 2 aromatic carbocycles. The fourth-order valence-electron chi connectivity index (χ4n) is 2.56. The molecule has 0 aliphatic carbocycles. The largest absolute Gasteiger partial charge is 0.497 e. The lowest BCUT2D eigenvalue weighted by molar-refractivity contribution is 0.247. The van der Waals surface area contributed by atoms with Crippen molar-refractivity contribution in [1.82, 2.24) is 5.32 Å². The summed E-state index contributed by atoms with van der Waals surface area (Å²) in [6, 6.07) is 11.1. The number of hydrogen-bond donors (Lipinski definition) is 2. The zero-order valence-electron chi connectivity index (χ0n) is 14.6. The summed E-state index contributed by atoms with van der Waals surface area (Å²) in [7, 11) is 1.60. The van der Waals surface area contributed by atoms with Gasteiger partial charge in [0.05, 0.1) is 13.7 Å². The normalized spacial score (nSPS) is 10.2. The molecule has 0 saturated carbocycles. The van der Waals surface area contributed by atoms with Crippen LogP contribution in [0.25, 0.3) is 0 Å². The summed E-state index contributed by atoms with van der Waals surface area (Å²) in [5.74, 6) is 1.64. The minimum absolute atomic E-state index is 0.263. The molecule has 0 bridgehead atoms. The number of benzene rings is 2. The number of ether oxygens (including phenoxy) is 2. The van der Waals surface area contributed by atoms with E-state index in [-0.39, 0.29) is 6.03 Å². The first-order valence-corrected chi connectivity index (χ1v) is 7.89. The van der Waals surface area contributed by atoms with Gasteiger partial charge in [0.1, 0.15) is 18.1 Å². The first-order valence-electron chi connectivity index (χ1n) is 7.89. The third kappa shape index (κ3) is 4.91. The predicted octanol–water partition coefficient (Wildman–Crippen LogP) is 3.82. The number of carbonyl (C=O) groups is 1. The van der Waals surface area contributed by atoms with Crippen molar-refractivity contribution in [3.8, 4) is 11.5 Å². The van der Waals surface area contributed by atoms with Gasteiger partial charge in [0.2, 0.25) is 0 Å². The number of amides is 2. The fourth-order valence-corrected chi connectivity index (χ4v) is 2.56. The summed E-state index contributed by atoms with van der Waals surface area (Å²) in [5, 5.41) is 5.53. The fraction of sp³-hybridized carbons (Fsp3) is 0.316. The summed E-state index contributed by atoms with van der Waals surface area (Å²) in [5.41, 5.74) is 4.14. The van der Waals surface area contributed by atoms with Gasteiger partial charge in [0.15, 0.2) is 0 Å². The van der Waals surface area contributed by atoms with Crippen molar-refractivity contribution in [2.24, 2.45) is 0 Å². The van der Waals surface area contributed by atoms with Crippen molar-refractivity contribution in [2.45, 2.75) is 20.8 Å². The van der Waals surface area contributed by atoms with Crippen molar-refractivity contribution in [3.05, 3.63) is 53.1 Å². The van der Waals surface area contributed by atoms with E-state index in [0.29, 0.717) is 18.8 Å². The van der Waals surface area contributed by atoms with Gasteiger partial charge >= 0.3 is 6.03 Å². The second-order valence-electron chi connectivity index (χ2n) is 5.69. The van der Waals surface area contributed by atoms with E-state index in [1.807, 2.05) is 13.8 Å². The molecule has 0 unspecified atom stereocenters. The van der Waals surface area contributed by atoms with Crippen LogP contribution in [0.1, 0.15) is 16.7 Å². The molecular formula is C19H24N2O3. The average molecular weight is 328 g/mol. The van der Waals surface area contributed by atoms with Crippen LogP contribution in [0, 0.1) is 20.8 Å². The molecule has 2 rings (SSSR count). The number of urea groups is 1. The van der Waals surface area contributed by atoms with Crippen molar-refractivity contribution in [1.29, 1.82) is 0 Å². The van der Waals surface area contributed by atoms with E-state index < -0.39 is 0 Å². The zero-order chi connectivity index (χ0) is 17.5. The highest BCUT2D eigenvalue weighted by atomic mass is 16.5. The van der Waals surface area contributed by atoms with E-state index in [1.165, 1.54) is 5.56 Å². The Morgan fingerprint density at radius 2 is 1.67 bits per heavy atom. The van der Waals surface area contributed by atoms with Crippen LogP contribution in [0.2, 0.25) is 0 Å². The second kappa shape index (κ2) is 8.24. The van der Waals surface area contributed by atoms with Crippen LogP contribution < -0.4 is 20.1 Å². The number of rotatable bonds is 6. The number of hydrogen-bond acceptors (Lipinski definition) is 3. The maximum absolute atomic E-state index is 11.8. The molecule has 128 valence electrons. The quantitative estimate of drug-likeness (QED) is 0.793. The Balaban J connectivity index is 1.76. The van der Waals surface area contributed by atoms with Crippen molar-refractivity contribution in [3.63, 3.8) is 0 Å². The number of methoxy groups -OCH3 is 1. The lowest BCUT2D eigenvalue weighted by Crippen LogP contribution is -2.32. The van der Waals surface area contributed by atoms with E-state index in [1.54, 1.807) is 31.4 Å². The molecule has 0 aliphatic rings. The summed E-state index contributed by atoms with van der Waals surface area (Å²) in [4.78, 5) is 11.8. The van der Waals surface area contributed by atoms with Gasteiger partial charge in [-0.15, -0.1) is 0 Å². The first kappa shape index (κ1) is 17.7. The Labute approximate surface area is 143 Å². The SMILES string of the molecule is COc1ccc(NC(=O)NCCOc2c(C)cc(C)cc2C)cc1. The molecular weight excluding hydrogens is 304 g/mol. The molecule has 24 heavy (non-hydrogen) atoms. The van der Waals surface area contributed by atoms with Gasteiger partial charge in [-0.3, -0.25) is 0 Å². The van der Waals surface area contributed by atoms with E-state index in [0.717, 1.165) is 22.6 Å². The van der Waals surface area contributed by atoms with Gasteiger partial charge in [0, 0.05) is 5.69 Å². The predicted molar refractivity (Wildman–Crippen MR) is 96.2 cm³/mol. The molecule has 2 N–H and O–H groups in total. The standard InChI is InChI=1S/C19H24N2O3/c1-13-11-14(2)18(15(3)12-13)24-10-9-20-19(22)21-16-5-7-17(23-4)8-6-16/h5-8,11-12H,9-10H2,1-4H3,(H2,20,21,22). The molecule has 0 radical (unpaired) electrons. The molecule has 0 heterocycles. The average Bonchev–Trinajstić information content (AvgIpc) is 2.54. The van der Waals surface area contributed by atoms with Crippen LogP contribution in [-0.4, -0.2) is 26.3 Å². The van der Waals surface area contributed by atoms with Crippen molar-refractivity contribution in [2.75, 3.05) is 25.6 Å². The molecule has 0 spiro atoms. The molecule has 5 nitrogen and oxygen atoms in total. The topological polar surface area (TPSA) is 59.6 Å². The third-order valence-corrected chi connectivity index (χ3v) is 3.59. The van der Waals surface area contributed by atoms with Gasteiger partial charge in [-0.1, -0.05) is 17.7 Å². The number of carbonyl (C=O) groups excluding carboxylic acids is 1. The summed E-state index contributed by atoms with van der Waals surface area (Å²) < 4.78 is 10.9. The van der Waals surface area contributed by atoms with Crippen LogP contribution in [0.4, 0.5) is 10.5 Å². The van der Waals surface area contributed by atoms with Gasteiger partial charge in [-0.05, 0) is 56.2 Å². The Morgan fingerprint density at radius 1 is 1.04 bits per heavy atom. The molecule has 0 fully saturated rings. The van der Waals surface area contributed by atoms with Crippen LogP contribution in [-0.2, 0) is 0 Å². The highest BCUT2D eigenvalue weighted by molar-refractivity contribution is 5.89. The maximum Gasteiger partial charge on any atom is 0.319 e. The molecule has 0 atom stereocenters. The number of anilines is 1. The van der Waals surface area contributed by atoms with Crippen LogP contribution in [0.5, 0.6) is 11.5 Å². The van der Waals surface area contributed by atoms with Gasteiger partial charge in [0.25, 0.3) is 0 Å². The van der Waals surface area contributed by atoms with E-state index in [9.17, 15) is 4.79 Å². The highest BCUT2D eigenvalue weighted by Crippen LogP contribution is 2.24. The molecule has 0 saturated heterocycles. The smallest absolute Gasteiger partial charge is 0.319 e. The molecule has 5 heteroatoms. The van der Waals surface area contributed by atoms with Gasteiger partial charge < -0.3 is 20.1 Å². The first-order chi connectivity index (χ1) is 11.5. The maximum atomic E-state index is 11.8. The Hall–Kier alpha value is -2.69. The van der Waals surface area contributed by atoms with Crippen LogP contribution in [0.3, 0.4) is 0 Å². The summed E-state index contributed by atoms with van der Waals surface area (Å²) in [6.45, 7) is 6.96. The molecule has 0 aliphatic heterocycles. The second-order valence-corrected chi connectivity index (χ2v) is 5.69. The number of aryl methyl sites for hydroxylation is 3. The third-order valence-electron chi connectivity index (χ3n) is 3.59. The highest BCUT2D eigenvalue weighted by Gasteiger charge is 2.06. The van der Waals surface area contributed by atoms with Crippen LogP contribution >= 0.6 is 0 Å².